The normalized spacial score (nSPS) is 12.1. The van der Waals surface area contributed by atoms with E-state index in [-0.39, 0.29) is 5.92 Å². The molecule has 0 N–H and O–H groups in total. The molecule has 1 aromatic rings. The average Bonchev–Trinajstić information content (AvgIpc) is 2.26. The Balaban J connectivity index is 2.59. The number of ether oxygens (including phenoxy) is 1. The molecule has 0 bridgehead atoms. The Kier molecular flexibility index (Phi) is 5.17. The largest absolute Gasteiger partial charge is 0.385 e. The fourth-order valence-corrected chi connectivity index (χ4v) is 1.56. The minimum atomic E-state index is -0.0579. The van der Waals surface area contributed by atoms with Crippen LogP contribution in [-0.2, 0) is 4.74 Å². The first-order chi connectivity index (χ1) is 7.27. The van der Waals surface area contributed by atoms with E-state index in [0.29, 0.717) is 11.6 Å². The minimum absolute atomic E-state index is 0.0579. The van der Waals surface area contributed by atoms with Crippen LogP contribution in [0.5, 0.6) is 0 Å². The molecule has 0 aliphatic rings. The topological polar surface area (TPSA) is 33.0 Å². The molecule has 0 aromatic heterocycles. The van der Waals surface area contributed by atoms with Gasteiger partial charge in [-0.25, -0.2) is 0 Å². The summed E-state index contributed by atoms with van der Waals surface area (Å²) in [6.45, 7) is 0.700. The van der Waals surface area contributed by atoms with Crippen molar-refractivity contribution in [1.29, 1.82) is 5.26 Å². The van der Waals surface area contributed by atoms with Crippen LogP contribution in [0.25, 0.3) is 0 Å². The van der Waals surface area contributed by atoms with Gasteiger partial charge < -0.3 is 4.74 Å². The fourth-order valence-electron chi connectivity index (χ4n) is 1.43. The first-order valence-corrected chi connectivity index (χ1v) is 5.29. The molecule has 2 nitrogen and oxygen atoms in total. The van der Waals surface area contributed by atoms with E-state index in [1.165, 1.54) is 0 Å². The highest BCUT2D eigenvalue weighted by Gasteiger charge is 2.09. The summed E-state index contributed by atoms with van der Waals surface area (Å²) < 4.78 is 4.96. The molecule has 0 saturated carbocycles. The highest BCUT2D eigenvalue weighted by Crippen LogP contribution is 2.22. The number of nitriles is 1. The average molecular weight is 224 g/mol. The number of halogens is 1. The van der Waals surface area contributed by atoms with Gasteiger partial charge in [0, 0.05) is 18.7 Å². The summed E-state index contributed by atoms with van der Waals surface area (Å²) in [6, 6.07) is 9.74. The third kappa shape index (κ3) is 3.91. The van der Waals surface area contributed by atoms with E-state index in [9.17, 15) is 0 Å². The first-order valence-electron chi connectivity index (χ1n) is 4.92. The predicted molar refractivity (Wildman–Crippen MR) is 60.9 cm³/mol. The summed E-state index contributed by atoms with van der Waals surface area (Å²) in [5.41, 5.74) is 1.03. The maximum atomic E-state index is 9.02. The zero-order chi connectivity index (χ0) is 11.1. The van der Waals surface area contributed by atoms with Crippen molar-refractivity contribution >= 4 is 11.6 Å². The van der Waals surface area contributed by atoms with Gasteiger partial charge in [0.2, 0.25) is 0 Å². The van der Waals surface area contributed by atoms with E-state index in [1.54, 1.807) is 7.11 Å². The third-order valence-electron chi connectivity index (χ3n) is 2.27. The zero-order valence-electron chi connectivity index (χ0n) is 8.74. The highest BCUT2D eigenvalue weighted by atomic mass is 35.5. The summed E-state index contributed by atoms with van der Waals surface area (Å²) in [5.74, 6) is -0.0579. The van der Waals surface area contributed by atoms with Crippen molar-refractivity contribution in [2.45, 2.75) is 18.8 Å². The van der Waals surface area contributed by atoms with E-state index < -0.39 is 0 Å². The standard InChI is InChI=1S/C12H14ClNO/c1-15-8-2-3-11(9-14)10-4-6-12(13)7-5-10/h4-7,11H,2-3,8H2,1H3/t11-/m1/s1. The van der Waals surface area contributed by atoms with Gasteiger partial charge in [-0.15, -0.1) is 0 Å². The van der Waals surface area contributed by atoms with Crippen LogP contribution in [0.15, 0.2) is 24.3 Å². The molecule has 0 saturated heterocycles. The molecule has 0 heterocycles. The van der Waals surface area contributed by atoms with Gasteiger partial charge in [0.15, 0.2) is 0 Å². The van der Waals surface area contributed by atoms with Crippen molar-refractivity contribution in [2.24, 2.45) is 0 Å². The second-order valence-electron chi connectivity index (χ2n) is 3.37. The monoisotopic (exact) mass is 223 g/mol. The van der Waals surface area contributed by atoms with Crippen LogP contribution >= 0.6 is 11.6 Å². The lowest BCUT2D eigenvalue weighted by Crippen LogP contribution is -1.98. The lowest BCUT2D eigenvalue weighted by atomic mass is 9.96. The van der Waals surface area contributed by atoms with Gasteiger partial charge in [-0.3, -0.25) is 0 Å². The van der Waals surface area contributed by atoms with E-state index >= 15 is 0 Å². The second-order valence-corrected chi connectivity index (χ2v) is 3.80. The molecule has 80 valence electrons. The Labute approximate surface area is 95.4 Å². The lowest BCUT2D eigenvalue weighted by molar-refractivity contribution is 0.192. The molecule has 0 fully saturated rings. The molecule has 0 aliphatic heterocycles. The molecule has 0 amide bonds. The molecule has 1 atom stereocenters. The summed E-state index contributed by atoms with van der Waals surface area (Å²) in [7, 11) is 1.67. The Bertz CT molecular complexity index is 328. The zero-order valence-corrected chi connectivity index (χ0v) is 9.50. The molecular formula is C12H14ClNO. The third-order valence-corrected chi connectivity index (χ3v) is 2.52. The fraction of sp³-hybridized carbons (Fsp3) is 0.417. The van der Waals surface area contributed by atoms with E-state index in [2.05, 4.69) is 6.07 Å². The van der Waals surface area contributed by atoms with Gasteiger partial charge in [-0.05, 0) is 30.5 Å². The minimum Gasteiger partial charge on any atom is -0.385 e. The molecule has 0 radical (unpaired) electrons. The first kappa shape index (κ1) is 12.0. The van der Waals surface area contributed by atoms with Crippen molar-refractivity contribution in [3.63, 3.8) is 0 Å². The van der Waals surface area contributed by atoms with Crippen LogP contribution in [0.4, 0.5) is 0 Å². The molecule has 0 unspecified atom stereocenters. The Morgan fingerprint density at radius 1 is 1.40 bits per heavy atom. The van der Waals surface area contributed by atoms with Crippen molar-refractivity contribution in [1.82, 2.24) is 0 Å². The second kappa shape index (κ2) is 6.44. The predicted octanol–water partition coefficient (Wildman–Crippen LogP) is 3.37. The Hall–Kier alpha value is -1.04. The van der Waals surface area contributed by atoms with Gasteiger partial charge in [0.05, 0.1) is 12.0 Å². The maximum Gasteiger partial charge on any atom is 0.0713 e. The van der Waals surface area contributed by atoms with Crippen LogP contribution in [0, 0.1) is 11.3 Å². The van der Waals surface area contributed by atoms with E-state index in [1.807, 2.05) is 24.3 Å². The van der Waals surface area contributed by atoms with Crippen LogP contribution in [-0.4, -0.2) is 13.7 Å². The number of hydrogen-bond acceptors (Lipinski definition) is 2. The van der Waals surface area contributed by atoms with E-state index in [0.717, 1.165) is 18.4 Å². The van der Waals surface area contributed by atoms with Crippen LogP contribution in [0.1, 0.15) is 24.3 Å². The Morgan fingerprint density at radius 2 is 2.07 bits per heavy atom. The van der Waals surface area contributed by atoms with Gasteiger partial charge >= 0.3 is 0 Å². The smallest absolute Gasteiger partial charge is 0.0713 e. The lowest BCUT2D eigenvalue weighted by Gasteiger charge is -2.08. The van der Waals surface area contributed by atoms with Crippen molar-refractivity contribution < 1.29 is 4.74 Å². The molecule has 1 rings (SSSR count). The molecule has 0 aliphatic carbocycles. The molecule has 15 heavy (non-hydrogen) atoms. The number of rotatable bonds is 5. The number of methoxy groups -OCH3 is 1. The number of nitrogens with zero attached hydrogens (tertiary/aromatic N) is 1. The Morgan fingerprint density at radius 3 is 2.60 bits per heavy atom. The quantitative estimate of drug-likeness (QED) is 0.717. The van der Waals surface area contributed by atoms with E-state index in [4.69, 9.17) is 21.6 Å². The summed E-state index contributed by atoms with van der Waals surface area (Å²) in [5, 5.41) is 9.73. The molecule has 0 spiro atoms. The highest BCUT2D eigenvalue weighted by molar-refractivity contribution is 6.30. The van der Waals surface area contributed by atoms with Gasteiger partial charge in [-0.1, -0.05) is 23.7 Å². The van der Waals surface area contributed by atoms with Crippen LogP contribution < -0.4 is 0 Å². The molecule has 1 aromatic carbocycles. The van der Waals surface area contributed by atoms with Gasteiger partial charge in [-0.2, -0.15) is 5.26 Å². The summed E-state index contributed by atoms with van der Waals surface area (Å²) in [6.07, 6.45) is 1.73. The van der Waals surface area contributed by atoms with Gasteiger partial charge in [0.1, 0.15) is 0 Å². The van der Waals surface area contributed by atoms with Crippen molar-refractivity contribution in [2.75, 3.05) is 13.7 Å². The summed E-state index contributed by atoms with van der Waals surface area (Å²) >= 11 is 5.78. The molecule has 3 heteroatoms. The van der Waals surface area contributed by atoms with Crippen molar-refractivity contribution in [3.8, 4) is 6.07 Å². The van der Waals surface area contributed by atoms with Crippen LogP contribution in [0.2, 0.25) is 5.02 Å². The SMILES string of the molecule is COCCC[C@H](C#N)c1ccc(Cl)cc1. The maximum absolute atomic E-state index is 9.02. The van der Waals surface area contributed by atoms with Crippen molar-refractivity contribution in [3.05, 3.63) is 34.9 Å². The number of benzene rings is 1. The number of hydrogen-bond donors (Lipinski definition) is 0. The summed E-state index contributed by atoms with van der Waals surface area (Å²) in [4.78, 5) is 0. The van der Waals surface area contributed by atoms with Crippen LogP contribution in [0.3, 0.4) is 0 Å². The van der Waals surface area contributed by atoms with Gasteiger partial charge in [0.25, 0.3) is 0 Å². The molecular weight excluding hydrogens is 210 g/mol.